The molecule has 1 aliphatic rings. The Hall–Kier alpha value is -2.24. The van der Waals surface area contributed by atoms with Crippen molar-refractivity contribution in [1.82, 2.24) is 15.1 Å². The van der Waals surface area contributed by atoms with Crippen LogP contribution in [0.3, 0.4) is 0 Å². The van der Waals surface area contributed by atoms with Crippen molar-refractivity contribution in [2.45, 2.75) is 37.1 Å². The predicted molar refractivity (Wildman–Crippen MR) is 112 cm³/mol. The highest BCUT2D eigenvalue weighted by Gasteiger charge is 2.22. The number of rotatable bonds is 7. The number of benzene rings is 1. The normalized spacial score (nSPS) is 16.0. The van der Waals surface area contributed by atoms with E-state index in [4.69, 9.17) is 4.74 Å². The Bertz CT molecular complexity index is 935. The second kappa shape index (κ2) is 9.06. The second-order valence-corrected chi connectivity index (χ2v) is 10.1. The van der Waals surface area contributed by atoms with Crippen molar-refractivity contribution in [1.29, 1.82) is 0 Å². The van der Waals surface area contributed by atoms with Crippen molar-refractivity contribution < 1.29 is 17.9 Å². The molecule has 9 nitrogen and oxygen atoms in total. The Balaban J connectivity index is 1.60. The molecule has 158 valence electrons. The Morgan fingerprint density at radius 1 is 1.21 bits per heavy atom. The molecule has 3 rings (SSSR count). The maximum atomic E-state index is 12.5. The lowest BCUT2D eigenvalue weighted by Crippen LogP contribution is -2.35. The largest absolute Gasteiger partial charge is 0.490 e. The average Bonchev–Trinajstić information content (AvgIpc) is 3.14. The summed E-state index contributed by atoms with van der Waals surface area (Å²) in [5, 5.41) is 10.1. The van der Waals surface area contributed by atoms with Crippen LogP contribution < -0.4 is 14.8 Å². The Kier molecular flexibility index (Phi) is 6.70. The highest BCUT2D eigenvalue weighted by Crippen LogP contribution is 2.25. The van der Waals surface area contributed by atoms with Crippen molar-refractivity contribution >= 4 is 38.1 Å². The van der Waals surface area contributed by atoms with Gasteiger partial charge in [0.1, 0.15) is 11.9 Å². The third-order valence-electron chi connectivity index (χ3n) is 4.47. The predicted octanol–water partition coefficient (Wildman–Crippen LogP) is 2.41. The van der Waals surface area contributed by atoms with Gasteiger partial charge in [-0.3, -0.25) is 9.52 Å². The molecule has 0 radical (unpaired) electrons. The number of amides is 1. The molecule has 0 atom stereocenters. The quantitative estimate of drug-likeness (QED) is 0.637. The van der Waals surface area contributed by atoms with Crippen LogP contribution in [0, 0.1) is 5.92 Å². The van der Waals surface area contributed by atoms with Crippen LogP contribution in [0.4, 0.5) is 10.8 Å². The number of hydrogen-bond acceptors (Lipinski definition) is 8. The smallest absolute Gasteiger partial charge is 0.291 e. The first-order valence-electron chi connectivity index (χ1n) is 9.35. The number of nitrogens with zero attached hydrogens (tertiary/aromatic N) is 3. The van der Waals surface area contributed by atoms with Crippen LogP contribution in [0.15, 0.2) is 28.6 Å². The maximum Gasteiger partial charge on any atom is 0.291 e. The molecule has 2 heterocycles. The molecule has 29 heavy (non-hydrogen) atoms. The van der Waals surface area contributed by atoms with Gasteiger partial charge in [-0.15, -0.1) is 10.2 Å². The first-order chi connectivity index (χ1) is 13.7. The van der Waals surface area contributed by atoms with Crippen molar-refractivity contribution in [3.8, 4) is 5.75 Å². The van der Waals surface area contributed by atoms with Gasteiger partial charge in [-0.2, -0.15) is 8.42 Å². The third kappa shape index (κ3) is 5.87. The van der Waals surface area contributed by atoms with Crippen LogP contribution in [-0.2, 0) is 14.8 Å². The number of sulfonamides is 1. The molecule has 1 fully saturated rings. The minimum Gasteiger partial charge on any atom is -0.490 e. The maximum absolute atomic E-state index is 12.5. The monoisotopic (exact) mass is 439 g/mol. The van der Waals surface area contributed by atoms with E-state index in [1.165, 1.54) is 0 Å². The number of ether oxygens (including phenoxy) is 1. The zero-order valence-electron chi connectivity index (χ0n) is 16.6. The van der Waals surface area contributed by atoms with Gasteiger partial charge in [0.25, 0.3) is 14.4 Å². The van der Waals surface area contributed by atoms with Crippen molar-refractivity contribution in [3.63, 3.8) is 0 Å². The molecule has 0 unspecified atom stereocenters. The topological polar surface area (TPSA) is 114 Å². The molecular formula is C18H25N5O4S2. The van der Waals surface area contributed by atoms with Crippen molar-refractivity contribution in [2.75, 3.05) is 30.2 Å². The summed E-state index contributed by atoms with van der Waals surface area (Å²) < 4.78 is 33.2. The average molecular weight is 440 g/mol. The van der Waals surface area contributed by atoms with E-state index in [2.05, 4.69) is 32.2 Å². The van der Waals surface area contributed by atoms with Gasteiger partial charge < -0.3 is 15.0 Å². The number of likely N-dealkylation sites (tertiary alicyclic amines) is 1. The van der Waals surface area contributed by atoms with E-state index in [0.717, 1.165) is 37.3 Å². The number of carbonyl (C=O) groups excluding carboxylic acids is 1. The summed E-state index contributed by atoms with van der Waals surface area (Å²) in [6.07, 6.45) is 2.12. The summed E-state index contributed by atoms with van der Waals surface area (Å²) in [4.78, 5) is 14.0. The molecule has 1 saturated heterocycles. The number of anilines is 2. The number of piperidine rings is 1. The SMILES string of the molecule is CC(C)C(=O)Nc1nnc(S(=O)(=O)Nc2ccc(OC3CCN(C)CC3)cc2)s1. The van der Waals surface area contributed by atoms with E-state index < -0.39 is 10.0 Å². The van der Waals surface area contributed by atoms with Gasteiger partial charge in [-0.1, -0.05) is 25.2 Å². The second-order valence-electron chi connectivity index (χ2n) is 7.27. The molecule has 1 aliphatic heterocycles. The van der Waals surface area contributed by atoms with Gasteiger partial charge in [0, 0.05) is 24.7 Å². The van der Waals surface area contributed by atoms with Crippen molar-refractivity contribution in [3.05, 3.63) is 24.3 Å². The molecule has 1 aromatic heterocycles. The molecule has 0 aliphatic carbocycles. The van der Waals surface area contributed by atoms with Gasteiger partial charge in [-0.05, 0) is 44.2 Å². The number of aromatic nitrogens is 2. The standard InChI is InChI=1S/C18H25N5O4S2/c1-12(2)16(24)19-17-20-21-18(28-17)29(25,26)22-13-4-6-14(7-5-13)27-15-8-10-23(3)11-9-15/h4-7,12,15,22H,8-11H2,1-3H3,(H,19,20,24). The van der Waals surface area contributed by atoms with E-state index >= 15 is 0 Å². The van der Waals surface area contributed by atoms with Crippen LogP contribution in [-0.4, -0.2) is 55.7 Å². The third-order valence-corrected chi connectivity index (χ3v) is 7.05. The van der Waals surface area contributed by atoms with E-state index in [0.29, 0.717) is 11.4 Å². The van der Waals surface area contributed by atoms with E-state index in [9.17, 15) is 13.2 Å². The highest BCUT2D eigenvalue weighted by molar-refractivity contribution is 7.94. The number of nitrogens with one attached hydrogen (secondary N) is 2. The minimum absolute atomic E-state index is 0.144. The van der Waals surface area contributed by atoms with Gasteiger partial charge in [0.15, 0.2) is 0 Å². The van der Waals surface area contributed by atoms with Gasteiger partial charge >= 0.3 is 0 Å². The van der Waals surface area contributed by atoms with Crippen LogP contribution >= 0.6 is 11.3 Å². The van der Waals surface area contributed by atoms with Crippen LogP contribution in [0.5, 0.6) is 5.75 Å². The van der Waals surface area contributed by atoms with E-state index in [1.54, 1.807) is 38.1 Å². The lowest BCUT2D eigenvalue weighted by atomic mass is 10.1. The van der Waals surface area contributed by atoms with Crippen LogP contribution in [0.1, 0.15) is 26.7 Å². The Labute approximate surface area is 174 Å². The summed E-state index contributed by atoms with van der Waals surface area (Å²) in [5.74, 6) is 0.211. The first-order valence-corrected chi connectivity index (χ1v) is 11.7. The molecule has 11 heteroatoms. The highest BCUT2D eigenvalue weighted by atomic mass is 32.2. The van der Waals surface area contributed by atoms with Gasteiger partial charge in [0.05, 0.1) is 0 Å². The van der Waals surface area contributed by atoms with Gasteiger partial charge in [0.2, 0.25) is 11.0 Å². The molecule has 1 aromatic carbocycles. The summed E-state index contributed by atoms with van der Waals surface area (Å²) in [5.41, 5.74) is 0.392. The molecular weight excluding hydrogens is 414 g/mol. The van der Waals surface area contributed by atoms with E-state index in [1.807, 2.05) is 0 Å². The van der Waals surface area contributed by atoms with Crippen molar-refractivity contribution in [2.24, 2.45) is 5.92 Å². The molecule has 1 amide bonds. The zero-order valence-corrected chi connectivity index (χ0v) is 18.2. The molecule has 0 saturated carbocycles. The molecule has 0 spiro atoms. The Morgan fingerprint density at radius 2 is 1.86 bits per heavy atom. The zero-order chi connectivity index (χ0) is 21.0. The molecule has 0 bridgehead atoms. The lowest BCUT2D eigenvalue weighted by molar-refractivity contribution is -0.118. The summed E-state index contributed by atoms with van der Waals surface area (Å²) in [7, 11) is -1.80. The summed E-state index contributed by atoms with van der Waals surface area (Å²) in [6.45, 7) is 5.47. The first kappa shape index (κ1) is 21.5. The fourth-order valence-corrected chi connectivity index (χ4v) is 4.68. The number of carbonyl (C=O) groups is 1. The van der Waals surface area contributed by atoms with Gasteiger partial charge in [-0.25, -0.2) is 0 Å². The lowest BCUT2D eigenvalue weighted by Gasteiger charge is -2.29. The fourth-order valence-electron chi connectivity index (χ4n) is 2.71. The van der Waals surface area contributed by atoms with Crippen LogP contribution in [0.25, 0.3) is 0 Å². The fraction of sp³-hybridized carbons (Fsp3) is 0.500. The van der Waals surface area contributed by atoms with Crippen LogP contribution in [0.2, 0.25) is 0 Å². The number of hydrogen-bond donors (Lipinski definition) is 2. The summed E-state index contributed by atoms with van der Waals surface area (Å²) in [6, 6.07) is 6.77. The minimum atomic E-state index is -3.90. The summed E-state index contributed by atoms with van der Waals surface area (Å²) >= 11 is 0.798. The molecule has 2 aromatic rings. The Morgan fingerprint density at radius 3 is 2.48 bits per heavy atom. The van der Waals surface area contributed by atoms with E-state index in [-0.39, 0.29) is 27.4 Å². The molecule has 2 N–H and O–H groups in total.